The van der Waals surface area contributed by atoms with Crippen molar-refractivity contribution in [1.82, 2.24) is 24.6 Å². The van der Waals surface area contributed by atoms with E-state index >= 15 is 0 Å². The van der Waals surface area contributed by atoms with Crippen LogP contribution in [-0.2, 0) is 4.79 Å². The van der Waals surface area contributed by atoms with Crippen molar-refractivity contribution in [3.63, 3.8) is 0 Å². The van der Waals surface area contributed by atoms with Crippen LogP contribution in [0.3, 0.4) is 0 Å². The highest BCUT2D eigenvalue weighted by Gasteiger charge is 2.13. The molecule has 23 heavy (non-hydrogen) atoms. The molecule has 3 aromatic heterocycles. The van der Waals surface area contributed by atoms with Crippen LogP contribution in [-0.4, -0.2) is 44.1 Å². The third-order valence-corrected chi connectivity index (χ3v) is 3.32. The van der Waals surface area contributed by atoms with Gasteiger partial charge >= 0.3 is 0 Å². The number of nitrogens with one attached hydrogen (secondary N) is 1. The van der Waals surface area contributed by atoms with E-state index in [0.29, 0.717) is 11.6 Å². The molecule has 3 heterocycles. The Hall–Kier alpha value is -3.03. The number of likely N-dealkylation sites (N-methyl/N-ethyl adjacent to an activating group) is 1. The summed E-state index contributed by atoms with van der Waals surface area (Å²) in [7, 11) is 1.82. The first-order valence-electron chi connectivity index (χ1n) is 7.14. The lowest BCUT2D eigenvalue weighted by atomic mass is 10.3. The molecule has 0 spiro atoms. The highest BCUT2D eigenvalue weighted by Crippen LogP contribution is 2.14. The second-order valence-electron chi connectivity index (χ2n) is 5.35. The fourth-order valence-electron chi connectivity index (χ4n) is 2.27. The molecule has 0 aromatic carbocycles. The summed E-state index contributed by atoms with van der Waals surface area (Å²) < 4.78 is 1.60. The highest BCUT2D eigenvalue weighted by molar-refractivity contribution is 5.93. The van der Waals surface area contributed by atoms with Crippen LogP contribution in [0.2, 0.25) is 0 Å². The molecule has 0 aliphatic rings. The number of hydrogen-bond donors (Lipinski definition) is 1. The van der Waals surface area contributed by atoms with Crippen molar-refractivity contribution >= 4 is 23.3 Å². The Labute approximate surface area is 133 Å². The summed E-state index contributed by atoms with van der Waals surface area (Å²) >= 11 is 0. The van der Waals surface area contributed by atoms with Crippen molar-refractivity contribution in [1.29, 1.82) is 0 Å². The number of nitrogens with zero attached hydrogens (tertiary/aromatic N) is 6. The van der Waals surface area contributed by atoms with Crippen LogP contribution >= 0.6 is 0 Å². The van der Waals surface area contributed by atoms with Crippen LogP contribution in [0.1, 0.15) is 11.3 Å². The van der Waals surface area contributed by atoms with Gasteiger partial charge in [0.05, 0.1) is 6.54 Å². The number of carbonyl (C=O) groups excluding carboxylic acids is 1. The Morgan fingerprint density at radius 2 is 2.13 bits per heavy atom. The second kappa shape index (κ2) is 5.99. The number of rotatable bonds is 4. The number of aromatic nitrogens is 5. The zero-order valence-corrected chi connectivity index (χ0v) is 13.2. The lowest BCUT2D eigenvalue weighted by Crippen LogP contribution is -2.31. The third kappa shape index (κ3) is 3.25. The molecule has 0 aliphatic carbocycles. The Morgan fingerprint density at radius 1 is 1.30 bits per heavy atom. The first-order valence-corrected chi connectivity index (χ1v) is 7.14. The molecule has 0 saturated heterocycles. The van der Waals surface area contributed by atoms with E-state index in [1.807, 2.05) is 39.1 Å². The average Bonchev–Trinajstić information content (AvgIpc) is 2.94. The minimum atomic E-state index is -0.159. The van der Waals surface area contributed by atoms with Crippen molar-refractivity contribution in [2.24, 2.45) is 0 Å². The van der Waals surface area contributed by atoms with E-state index in [0.717, 1.165) is 17.1 Å². The SMILES string of the molecule is Cc1ccnc(NC(=O)CN(C)c2cc(C)nc3ncnn23)c1. The maximum absolute atomic E-state index is 12.2. The monoisotopic (exact) mass is 311 g/mol. The van der Waals surface area contributed by atoms with Gasteiger partial charge in [0, 0.05) is 25.0 Å². The van der Waals surface area contributed by atoms with E-state index in [2.05, 4.69) is 25.4 Å². The minimum Gasteiger partial charge on any atom is -0.350 e. The van der Waals surface area contributed by atoms with E-state index in [1.54, 1.807) is 15.6 Å². The molecule has 1 amide bonds. The molecule has 0 unspecified atom stereocenters. The van der Waals surface area contributed by atoms with E-state index < -0.39 is 0 Å². The summed E-state index contributed by atoms with van der Waals surface area (Å²) in [6.45, 7) is 3.99. The molecule has 0 saturated carbocycles. The molecule has 0 aliphatic heterocycles. The summed E-state index contributed by atoms with van der Waals surface area (Å²) in [6.07, 6.45) is 3.11. The molecule has 3 rings (SSSR count). The Kier molecular flexibility index (Phi) is 3.88. The van der Waals surface area contributed by atoms with Gasteiger partial charge in [0.2, 0.25) is 5.91 Å². The van der Waals surface area contributed by atoms with E-state index in [-0.39, 0.29) is 12.5 Å². The molecular formula is C15H17N7O. The topological polar surface area (TPSA) is 88.3 Å². The van der Waals surface area contributed by atoms with Crippen LogP contribution in [0.5, 0.6) is 0 Å². The van der Waals surface area contributed by atoms with Gasteiger partial charge in [-0.15, -0.1) is 0 Å². The van der Waals surface area contributed by atoms with Crippen LogP contribution in [0.4, 0.5) is 11.6 Å². The van der Waals surface area contributed by atoms with Crippen LogP contribution in [0.15, 0.2) is 30.7 Å². The lowest BCUT2D eigenvalue weighted by Gasteiger charge is -2.19. The average molecular weight is 311 g/mol. The molecule has 0 fully saturated rings. The zero-order valence-electron chi connectivity index (χ0n) is 13.2. The Bertz CT molecular complexity index is 858. The molecule has 0 bridgehead atoms. The lowest BCUT2D eigenvalue weighted by molar-refractivity contribution is -0.114. The molecule has 8 nitrogen and oxygen atoms in total. The van der Waals surface area contributed by atoms with Crippen molar-refractivity contribution < 1.29 is 4.79 Å². The summed E-state index contributed by atoms with van der Waals surface area (Å²) in [4.78, 5) is 26.5. The Balaban J connectivity index is 1.76. The largest absolute Gasteiger partial charge is 0.350 e. The van der Waals surface area contributed by atoms with Gasteiger partial charge in [0.1, 0.15) is 18.0 Å². The van der Waals surface area contributed by atoms with Crippen molar-refractivity contribution in [3.8, 4) is 0 Å². The van der Waals surface area contributed by atoms with Crippen LogP contribution < -0.4 is 10.2 Å². The summed E-state index contributed by atoms with van der Waals surface area (Å²) in [5, 5.41) is 6.93. The molecule has 0 radical (unpaired) electrons. The summed E-state index contributed by atoms with van der Waals surface area (Å²) in [5.74, 6) is 1.64. The van der Waals surface area contributed by atoms with Gasteiger partial charge < -0.3 is 10.2 Å². The molecule has 3 aromatic rings. The van der Waals surface area contributed by atoms with Crippen molar-refractivity contribution in [2.45, 2.75) is 13.8 Å². The number of pyridine rings is 1. The number of anilines is 2. The van der Waals surface area contributed by atoms with Crippen LogP contribution in [0, 0.1) is 13.8 Å². The second-order valence-corrected chi connectivity index (χ2v) is 5.35. The van der Waals surface area contributed by atoms with Crippen molar-refractivity contribution in [2.75, 3.05) is 23.8 Å². The van der Waals surface area contributed by atoms with Gasteiger partial charge in [0.25, 0.3) is 5.78 Å². The Morgan fingerprint density at radius 3 is 2.91 bits per heavy atom. The molecule has 118 valence electrons. The van der Waals surface area contributed by atoms with Gasteiger partial charge in [-0.25, -0.2) is 9.97 Å². The number of aryl methyl sites for hydroxylation is 2. The minimum absolute atomic E-state index is 0.159. The molecule has 1 N–H and O–H groups in total. The van der Waals surface area contributed by atoms with E-state index in [1.165, 1.54) is 6.33 Å². The van der Waals surface area contributed by atoms with Gasteiger partial charge in [-0.3, -0.25) is 4.79 Å². The first kappa shape index (κ1) is 14.9. The van der Waals surface area contributed by atoms with Gasteiger partial charge in [0.15, 0.2) is 0 Å². The highest BCUT2D eigenvalue weighted by atomic mass is 16.2. The normalized spacial score (nSPS) is 10.7. The smallest absolute Gasteiger partial charge is 0.254 e. The molecule has 8 heteroatoms. The van der Waals surface area contributed by atoms with E-state index in [4.69, 9.17) is 0 Å². The maximum atomic E-state index is 12.2. The predicted octanol–water partition coefficient (Wildman–Crippen LogP) is 1.21. The fraction of sp³-hybridized carbons (Fsp3) is 0.267. The molecule has 0 atom stereocenters. The summed E-state index contributed by atoms with van der Waals surface area (Å²) in [5.41, 5.74) is 1.85. The predicted molar refractivity (Wildman–Crippen MR) is 86.4 cm³/mol. The zero-order chi connectivity index (χ0) is 16.4. The van der Waals surface area contributed by atoms with Gasteiger partial charge in [-0.1, -0.05) is 0 Å². The maximum Gasteiger partial charge on any atom is 0.254 e. The number of fused-ring (bicyclic) bond motifs is 1. The molecular weight excluding hydrogens is 294 g/mol. The van der Waals surface area contributed by atoms with E-state index in [9.17, 15) is 4.79 Å². The fourth-order valence-corrected chi connectivity index (χ4v) is 2.27. The summed E-state index contributed by atoms with van der Waals surface area (Å²) in [6, 6.07) is 5.56. The quantitative estimate of drug-likeness (QED) is 0.779. The first-order chi connectivity index (χ1) is 11.0. The number of amides is 1. The number of hydrogen-bond acceptors (Lipinski definition) is 6. The van der Waals surface area contributed by atoms with Crippen LogP contribution in [0.25, 0.3) is 5.78 Å². The van der Waals surface area contributed by atoms with Gasteiger partial charge in [-0.05, 0) is 31.5 Å². The number of carbonyl (C=O) groups is 1. The standard InChI is InChI=1S/C15H17N7O/c1-10-4-5-16-12(6-10)20-13(23)8-21(3)14-7-11(2)19-15-17-9-18-22(14)15/h4-7,9H,8H2,1-3H3,(H,16,20,23). The van der Waals surface area contributed by atoms with Crippen molar-refractivity contribution in [3.05, 3.63) is 42.0 Å². The third-order valence-electron chi connectivity index (χ3n) is 3.32. The van der Waals surface area contributed by atoms with Gasteiger partial charge in [-0.2, -0.15) is 14.6 Å².